The molecule has 1 aromatic carbocycles. The van der Waals surface area contributed by atoms with Gasteiger partial charge in [0.15, 0.2) is 0 Å². The third kappa shape index (κ3) is 2.80. The maximum absolute atomic E-state index is 14.5. The van der Waals surface area contributed by atoms with Crippen molar-refractivity contribution in [1.29, 1.82) is 0 Å². The van der Waals surface area contributed by atoms with Gasteiger partial charge < -0.3 is 9.80 Å². The molecular formula is C18H27FN2. The van der Waals surface area contributed by atoms with Crippen molar-refractivity contribution >= 4 is 5.69 Å². The molecule has 0 radical (unpaired) electrons. The standard InChI is InChI=1S/C18H27FN2/c1-17(2,3)14-5-6-16(15(19)11-14)21-9-7-18(8-10-21)12-20(4)13-18/h5-6,11H,7-10,12-13H2,1-4H3. The SMILES string of the molecule is CN1CC2(CCN(c3ccc(C(C)(C)C)cc3F)CC2)C1. The Kier molecular flexibility index (Phi) is 3.52. The van der Waals surface area contributed by atoms with Gasteiger partial charge in [-0.15, -0.1) is 0 Å². The third-order valence-corrected chi connectivity index (χ3v) is 5.19. The summed E-state index contributed by atoms with van der Waals surface area (Å²) in [6.45, 7) is 10.8. The second-order valence-electron chi connectivity index (χ2n) is 8.08. The maximum atomic E-state index is 14.5. The van der Waals surface area contributed by atoms with Crippen molar-refractivity contribution in [2.75, 3.05) is 38.1 Å². The smallest absolute Gasteiger partial charge is 0.146 e. The van der Waals surface area contributed by atoms with Crippen LogP contribution in [0.5, 0.6) is 0 Å². The minimum Gasteiger partial charge on any atom is -0.369 e. The second-order valence-corrected chi connectivity index (χ2v) is 8.08. The van der Waals surface area contributed by atoms with Crippen LogP contribution in [-0.2, 0) is 5.41 Å². The molecule has 0 N–H and O–H groups in total. The molecule has 0 atom stereocenters. The fraction of sp³-hybridized carbons (Fsp3) is 0.667. The Morgan fingerprint density at radius 1 is 1.10 bits per heavy atom. The van der Waals surface area contributed by atoms with Crippen molar-refractivity contribution in [3.8, 4) is 0 Å². The van der Waals surface area contributed by atoms with E-state index in [0.717, 1.165) is 24.3 Å². The Balaban J connectivity index is 1.71. The highest BCUT2D eigenvalue weighted by Crippen LogP contribution is 2.41. The molecule has 1 aromatic rings. The molecule has 21 heavy (non-hydrogen) atoms. The molecule has 0 unspecified atom stereocenters. The first-order valence-corrected chi connectivity index (χ1v) is 8.03. The third-order valence-electron chi connectivity index (χ3n) is 5.19. The van der Waals surface area contributed by atoms with Gasteiger partial charge in [-0.05, 0) is 48.4 Å². The molecular weight excluding hydrogens is 263 g/mol. The molecule has 0 aromatic heterocycles. The number of nitrogens with zero attached hydrogens (tertiary/aromatic N) is 2. The molecule has 2 heterocycles. The topological polar surface area (TPSA) is 6.48 Å². The summed E-state index contributed by atoms with van der Waals surface area (Å²) < 4.78 is 14.5. The first-order valence-electron chi connectivity index (χ1n) is 8.03. The molecule has 3 rings (SSSR count). The molecule has 0 amide bonds. The van der Waals surface area contributed by atoms with E-state index in [1.54, 1.807) is 6.07 Å². The van der Waals surface area contributed by atoms with E-state index in [0.29, 0.717) is 5.41 Å². The zero-order valence-corrected chi connectivity index (χ0v) is 13.7. The average molecular weight is 290 g/mol. The molecule has 116 valence electrons. The van der Waals surface area contributed by atoms with Crippen LogP contribution in [0.2, 0.25) is 0 Å². The maximum Gasteiger partial charge on any atom is 0.146 e. The summed E-state index contributed by atoms with van der Waals surface area (Å²) >= 11 is 0. The summed E-state index contributed by atoms with van der Waals surface area (Å²) in [5, 5.41) is 0. The lowest BCUT2D eigenvalue weighted by atomic mass is 9.72. The number of hydrogen-bond donors (Lipinski definition) is 0. The van der Waals surface area contributed by atoms with Gasteiger partial charge in [0.1, 0.15) is 5.82 Å². The first kappa shape index (κ1) is 14.8. The number of piperidine rings is 1. The van der Waals surface area contributed by atoms with E-state index in [-0.39, 0.29) is 11.2 Å². The van der Waals surface area contributed by atoms with E-state index in [9.17, 15) is 4.39 Å². The minimum atomic E-state index is -0.0656. The molecule has 3 heteroatoms. The number of anilines is 1. The van der Waals surface area contributed by atoms with E-state index in [1.165, 1.54) is 25.9 Å². The van der Waals surface area contributed by atoms with E-state index >= 15 is 0 Å². The van der Waals surface area contributed by atoms with Crippen LogP contribution in [0.15, 0.2) is 18.2 Å². The number of halogens is 1. The van der Waals surface area contributed by atoms with Crippen LogP contribution in [0.25, 0.3) is 0 Å². The Hall–Kier alpha value is -1.09. The quantitative estimate of drug-likeness (QED) is 0.779. The van der Waals surface area contributed by atoms with Gasteiger partial charge in [0, 0.05) is 26.2 Å². The molecule has 2 fully saturated rings. The van der Waals surface area contributed by atoms with Crippen LogP contribution in [0.1, 0.15) is 39.2 Å². The van der Waals surface area contributed by atoms with Gasteiger partial charge in [0.05, 0.1) is 5.69 Å². The molecule has 2 aliphatic heterocycles. The highest BCUT2D eigenvalue weighted by atomic mass is 19.1. The van der Waals surface area contributed by atoms with Crippen LogP contribution >= 0.6 is 0 Å². The highest BCUT2D eigenvalue weighted by molar-refractivity contribution is 5.50. The van der Waals surface area contributed by atoms with Crippen molar-refractivity contribution in [2.45, 2.75) is 39.0 Å². The number of benzene rings is 1. The summed E-state index contributed by atoms with van der Waals surface area (Å²) in [5.41, 5.74) is 2.37. The molecule has 0 bridgehead atoms. The van der Waals surface area contributed by atoms with Gasteiger partial charge in [0.25, 0.3) is 0 Å². The van der Waals surface area contributed by atoms with Gasteiger partial charge in [0.2, 0.25) is 0 Å². The molecule has 2 saturated heterocycles. The van der Waals surface area contributed by atoms with Crippen LogP contribution in [0.4, 0.5) is 10.1 Å². The summed E-state index contributed by atoms with van der Waals surface area (Å²) in [6, 6.07) is 5.78. The Bertz CT molecular complexity index is 517. The van der Waals surface area contributed by atoms with Crippen molar-refractivity contribution < 1.29 is 4.39 Å². The van der Waals surface area contributed by atoms with Gasteiger partial charge in [-0.1, -0.05) is 26.8 Å². The summed E-state index contributed by atoms with van der Waals surface area (Å²) in [4.78, 5) is 4.61. The van der Waals surface area contributed by atoms with Gasteiger partial charge in [-0.25, -0.2) is 4.39 Å². The van der Waals surface area contributed by atoms with E-state index in [4.69, 9.17) is 0 Å². The summed E-state index contributed by atoms with van der Waals surface area (Å²) in [7, 11) is 2.18. The first-order chi connectivity index (χ1) is 9.79. The fourth-order valence-electron chi connectivity index (χ4n) is 3.87. The largest absolute Gasteiger partial charge is 0.369 e. The predicted molar refractivity (Wildman–Crippen MR) is 86.5 cm³/mol. The van der Waals surface area contributed by atoms with E-state index < -0.39 is 0 Å². The molecule has 2 aliphatic rings. The Morgan fingerprint density at radius 3 is 2.19 bits per heavy atom. The number of hydrogen-bond acceptors (Lipinski definition) is 2. The normalized spacial score (nSPS) is 22.4. The number of rotatable bonds is 1. The second kappa shape index (κ2) is 4.98. The monoisotopic (exact) mass is 290 g/mol. The Morgan fingerprint density at radius 2 is 1.71 bits per heavy atom. The van der Waals surface area contributed by atoms with Crippen molar-refractivity contribution in [3.05, 3.63) is 29.6 Å². The van der Waals surface area contributed by atoms with Crippen LogP contribution in [0.3, 0.4) is 0 Å². The predicted octanol–water partition coefficient (Wildman–Crippen LogP) is 3.66. The lowest BCUT2D eigenvalue weighted by molar-refractivity contribution is 0.00123. The molecule has 1 spiro atoms. The molecule has 2 nitrogen and oxygen atoms in total. The molecule has 0 aliphatic carbocycles. The van der Waals surface area contributed by atoms with Gasteiger partial charge in [-0.2, -0.15) is 0 Å². The van der Waals surface area contributed by atoms with E-state index in [2.05, 4.69) is 43.7 Å². The molecule has 0 saturated carbocycles. The van der Waals surface area contributed by atoms with Crippen LogP contribution in [-0.4, -0.2) is 38.1 Å². The highest BCUT2D eigenvalue weighted by Gasteiger charge is 2.43. The summed E-state index contributed by atoms with van der Waals surface area (Å²) in [5.74, 6) is -0.0656. The lowest BCUT2D eigenvalue weighted by Gasteiger charge is -2.53. The van der Waals surface area contributed by atoms with Crippen molar-refractivity contribution in [1.82, 2.24) is 4.90 Å². The van der Waals surface area contributed by atoms with E-state index in [1.807, 2.05) is 6.07 Å². The fourth-order valence-corrected chi connectivity index (χ4v) is 3.87. The van der Waals surface area contributed by atoms with Crippen molar-refractivity contribution in [2.24, 2.45) is 5.41 Å². The van der Waals surface area contributed by atoms with Gasteiger partial charge in [-0.3, -0.25) is 0 Å². The summed E-state index contributed by atoms with van der Waals surface area (Å²) in [6.07, 6.45) is 2.38. The van der Waals surface area contributed by atoms with Gasteiger partial charge >= 0.3 is 0 Å². The van der Waals surface area contributed by atoms with Crippen LogP contribution in [0, 0.1) is 11.2 Å². The zero-order valence-electron chi connectivity index (χ0n) is 13.7. The number of likely N-dealkylation sites (tertiary alicyclic amines) is 1. The zero-order chi connectivity index (χ0) is 15.3. The lowest BCUT2D eigenvalue weighted by Crippen LogP contribution is -2.58. The minimum absolute atomic E-state index is 0.00183. The Labute approximate surface area is 127 Å². The van der Waals surface area contributed by atoms with Crippen LogP contribution < -0.4 is 4.90 Å². The van der Waals surface area contributed by atoms with Crippen molar-refractivity contribution in [3.63, 3.8) is 0 Å². The average Bonchev–Trinajstić information content (AvgIpc) is 2.37.